The summed E-state index contributed by atoms with van der Waals surface area (Å²) in [6.45, 7) is 7.77. The number of nitrogens with two attached hydrogens (primary N) is 1. The maximum atomic E-state index is 12.7. The number of nitrogens with zero attached hydrogens (tertiary/aromatic N) is 3. The van der Waals surface area contributed by atoms with Gasteiger partial charge >= 0.3 is 5.97 Å². The third-order valence-electron chi connectivity index (χ3n) is 8.79. The summed E-state index contributed by atoms with van der Waals surface area (Å²) in [5.41, 5.74) is 9.81. The van der Waals surface area contributed by atoms with E-state index in [2.05, 4.69) is 20.2 Å². The molecule has 0 spiro atoms. The van der Waals surface area contributed by atoms with Gasteiger partial charge in [-0.2, -0.15) is 0 Å². The fourth-order valence-corrected chi connectivity index (χ4v) is 6.85. The molecule has 1 amide bonds. The molecule has 0 bridgehead atoms. The fraction of sp³-hybridized carbons (Fsp3) is 0.517. The molecule has 2 aromatic rings. The molecule has 12 nitrogen and oxygen atoms in total. The highest BCUT2D eigenvalue weighted by Gasteiger charge is 2.59. The number of benzene rings is 2. The van der Waals surface area contributed by atoms with E-state index < -0.39 is 12.0 Å². The fourth-order valence-electron chi connectivity index (χ4n) is 6.85. The van der Waals surface area contributed by atoms with Crippen LogP contribution in [0.25, 0.3) is 0 Å². The van der Waals surface area contributed by atoms with Crippen LogP contribution in [0, 0.1) is 13.8 Å². The molecule has 0 aromatic heterocycles. The van der Waals surface area contributed by atoms with E-state index >= 15 is 0 Å². The van der Waals surface area contributed by atoms with Crippen LogP contribution >= 0.6 is 0 Å². The minimum atomic E-state index is -0.676. The number of hydrogen-bond donors (Lipinski definition) is 3. The van der Waals surface area contributed by atoms with Gasteiger partial charge in [0.05, 0.1) is 25.2 Å². The summed E-state index contributed by atoms with van der Waals surface area (Å²) in [5.74, 6) is 1.44. The summed E-state index contributed by atoms with van der Waals surface area (Å²) < 4.78 is 23.3. The first kappa shape index (κ1) is 27.6. The number of aryl methyl sites for hydroxylation is 1. The van der Waals surface area contributed by atoms with Gasteiger partial charge in [0.2, 0.25) is 12.7 Å². The predicted octanol–water partition coefficient (Wildman–Crippen LogP) is 1.65. The number of carbonyl (C=O) groups excluding carboxylic acids is 2. The van der Waals surface area contributed by atoms with Gasteiger partial charge in [0.25, 0.3) is 0 Å². The lowest BCUT2D eigenvalue weighted by atomic mass is 9.79. The monoisotopic (exact) mass is 567 g/mol. The number of phenolic OH excluding ortho intramolecular Hbond substituents is 1. The minimum Gasteiger partial charge on any atom is -0.504 e. The van der Waals surface area contributed by atoms with Crippen LogP contribution in [0.4, 0.5) is 0 Å². The van der Waals surface area contributed by atoms with Gasteiger partial charge in [-0.1, -0.05) is 12.1 Å². The van der Waals surface area contributed by atoms with Crippen molar-refractivity contribution in [2.45, 2.75) is 64.4 Å². The van der Waals surface area contributed by atoms with Gasteiger partial charge in [0, 0.05) is 55.4 Å². The molecule has 4 aliphatic rings. The van der Waals surface area contributed by atoms with Gasteiger partial charge in [-0.25, -0.2) is 10.0 Å². The number of nitrogens with one attached hydrogen (secondary N) is 1. The first-order valence-electron chi connectivity index (χ1n) is 13.8. The van der Waals surface area contributed by atoms with Crippen molar-refractivity contribution in [3.05, 3.63) is 39.9 Å². The van der Waals surface area contributed by atoms with Crippen LogP contribution in [0.2, 0.25) is 0 Å². The molecule has 0 saturated carbocycles. The second kappa shape index (κ2) is 10.1. The Labute approximate surface area is 238 Å². The molecule has 2 saturated heterocycles. The van der Waals surface area contributed by atoms with E-state index in [1.165, 1.54) is 6.92 Å². The summed E-state index contributed by atoms with van der Waals surface area (Å²) in [6.07, 6.45) is 0.601. The number of phenols is 1. The normalized spacial score (nSPS) is 28.2. The highest BCUT2D eigenvalue weighted by molar-refractivity contribution is 5.81. The smallest absolute Gasteiger partial charge is 0.308 e. The van der Waals surface area contributed by atoms with E-state index in [1.54, 1.807) is 14.0 Å². The van der Waals surface area contributed by atoms with Crippen molar-refractivity contribution >= 4 is 11.9 Å². The molecule has 220 valence electrons. The minimum absolute atomic E-state index is 0.0489. The van der Waals surface area contributed by atoms with Crippen LogP contribution in [0.15, 0.2) is 12.1 Å². The lowest BCUT2D eigenvalue weighted by Gasteiger charge is -2.49. The average molecular weight is 568 g/mol. The Morgan fingerprint density at radius 2 is 1.95 bits per heavy atom. The van der Waals surface area contributed by atoms with Gasteiger partial charge in [0.1, 0.15) is 11.9 Å². The number of aromatic hydroxyl groups is 1. The summed E-state index contributed by atoms with van der Waals surface area (Å²) in [4.78, 5) is 27.3. The van der Waals surface area contributed by atoms with Crippen LogP contribution < -0.4 is 30.0 Å². The van der Waals surface area contributed by atoms with Crippen molar-refractivity contribution in [2.75, 3.05) is 34.0 Å². The topological polar surface area (TPSA) is 139 Å². The largest absolute Gasteiger partial charge is 0.504 e. The van der Waals surface area contributed by atoms with Crippen molar-refractivity contribution in [1.82, 2.24) is 20.2 Å². The van der Waals surface area contributed by atoms with Gasteiger partial charge in [-0.15, -0.1) is 0 Å². The third kappa shape index (κ3) is 4.28. The summed E-state index contributed by atoms with van der Waals surface area (Å²) in [5, 5.41) is 18.9. The maximum Gasteiger partial charge on any atom is 0.308 e. The van der Waals surface area contributed by atoms with Crippen LogP contribution in [0.3, 0.4) is 0 Å². The van der Waals surface area contributed by atoms with E-state index in [-0.39, 0.29) is 49.3 Å². The zero-order valence-corrected chi connectivity index (χ0v) is 24.2. The molecular formula is C29H37N5O7. The summed E-state index contributed by atoms with van der Waals surface area (Å²) in [6, 6.07) is 2.48. The van der Waals surface area contributed by atoms with Crippen molar-refractivity contribution in [3.63, 3.8) is 0 Å². The number of amides is 1. The molecule has 2 fully saturated rings. The Bertz CT molecular complexity index is 1430. The van der Waals surface area contributed by atoms with E-state index in [9.17, 15) is 14.7 Å². The number of fused-ring (bicyclic) bond motifs is 5. The molecule has 0 aliphatic carbocycles. The third-order valence-corrected chi connectivity index (χ3v) is 8.79. The zero-order valence-electron chi connectivity index (χ0n) is 24.2. The summed E-state index contributed by atoms with van der Waals surface area (Å²) in [7, 11) is 3.58. The van der Waals surface area contributed by atoms with Gasteiger partial charge in [0.15, 0.2) is 23.0 Å². The molecular weight excluding hydrogens is 530 g/mol. The number of methoxy groups -OCH3 is 1. The number of likely N-dealkylation sites (N-methyl/N-ethyl adjacent to an activating group) is 1. The van der Waals surface area contributed by atoms with Crippen molar-refractivity contribution in [3.8, 4) is 28.7 Å². The molecule has 2 aromatic carbocycles. The second-order valence-electron chi connectivity index (χ2n) is 11.3. The molecule has 41 heavy (non-hydrogen) atoms. The molecule has 7 atom stereocenters. The molecule has 12 heteroatoms. The molecule has 4 aliphatic heterocycles. The average Bonchev–Trinajstić information content (AvgIpc) is 3.31. The number of ether oxygens (including phenoxy) is 4. The standard InChI is InChI=1S/C29H37N5O7/c1-13-7-8-17(24(36)25(13)38-6)23-19-9-18-22(28-27(39-12-40-28)14(2)26(18)41-16(4)35)20(10-31-29(37)15(3)30)33(19)11-21-32(5)34(21)23/h7-8,15,19-21,23,36H,9-12,30H2,1-6H3,(H,31,37)/t15-,19?,20+,21+,23-,32?,34?/m0/s1. The SMILES string of the molecule is COc1c(C)ccc([C@H]2C3Cc4c(OC(C)=O)c(C)c5c(c4[C@@H](CNC(=O)[C@H](C)N)N3C[C@@H]3N(C)N32)OCO5)c1O. The number of hydrazine groups is 1. The van der Waals surface area contributed by atoms with Crippen molar-refractivity contribution < 1.29 is 33.6 Å². The second-order valence-corrected chi connectivity index (χ2v) is 11.3. The van der Waals surface area contributed by atoms with Gasteiger partial charge < -0.3 is 35.1 Å². The quantitative estimate of drug-likeness (QED) is 0.267. The van der Waals surface area contributed by atoms with Crippen molar-refractivity contribution in [1.29, 1.82) is 0 Å². The lowest BCUT2D eigenvalue weighted by molar-refractivity contribution is -0.132. The molecule has 6 rings (SSSR count). The lowest BCUT2D eigenvalue weighted by Crippen LogP contribution is -2.56. The Morgan fingerprint density at radius 3 is 2.63 bits per heavy atom. The van der Waals surface area contributed by atoms with Crippen LogP contribution in [-0.2, 0) is 16.0 Å². The van der Waals surface area contributed by atoms with Crippen molar-refractivity contribution in [2.24, 2.45) is 5.73 Å². The van der Waals surface area contributed by atoms with Gasteiger partial charge in [-0.05, 0) is 32.8 Å². The van der Waals surface area contributed by atoms with Gasteiger partial charge in [-0.3, -0.25) is 14.5 Å². The molecule has 3 unspecified atom stereocenters. The summed E-state index contributed by atoms with van der Waals surface area (Å²) >= 11 is 0. The molecule has 0 radical (unpaired) electrons. The highest BCUT2D eigenvalue weighted by atomic mass is 16.7. The first-order valence-corrected chi connectivity index (χ1v) is 13.8. The van der Waals surface area contributed by atoms with Crippen LogP contribution in [-0.4, -0.2) is 84.2 Å². The Hall–Kier alpha value is -3.58. The number of esters is 1. The van der Waals surface area contributed by atoms with Crippen LogP contribution in [0.1, 0.15) is 53.7 Å². The molecule has 4 heterocycles. The number of carbonyl (C=O) groups is 2. The first-order chi connectivity index (χ1) is 19.5. The van der Waals surface area contributed by atoms with E-state index in [0.717, 1.165) is 22.3 Å². The van der Waals surface area contributed by atoms with E-state index in [0.29, 0.717) is 41.5 Å². The zero-order chi connectivity index (χ0) is 29.3. The Balaban J connectivity index is 1.54. The van der Waals surface area contributed by atoms with E-state index in [4.69, 9.17) is 24.7 Å². The van der Waals surface area contributed by atoms with Crippen LogP contribution in [0.5, 0.6) is 28.7 Å². The number of piperazine rings is 1. The Kier molecular flexibility index (Phi) is 6.76. The molecule has 4 N–H and O–H groups in total. The maximum absolute atomic E-state index is 12.7. The number of rotatable bonds is 6. The Morgan fingerprint density at radius 1 is 1.22 bits per heavy atom. The van der Waals surface area contributed by atoms with E-state index in [1.807, 2.05) is 33.0 Å². The predicted molar refractivity (Wildman–Crippen MR) is 148 cm³/mol. The highest BCUT2D eigenvalue weighted by Crippen LogP contribution is 2.57. The number of hydrogen-bond acceptors (Lipinski definition) is 11.